The molecule has 102 valence electrons. The molecule has 3 rings (SSSR count). The Hall–Kier alpha value is -1.69. The van der Waals surface area contributed by atoms with Crippen LogP contribution in [-0.4, -0.2) is 29.3 Å². The first kappa shape index (κ1) is 12.3. The summed E-state index contributed by atoms with van der Waals surface area (Å²) in [6.07, 6.45) is 1.22. The molecule has 1 aliphatic carbocycles. The van der Waals surface area contributed by atoms with Gasteiger partial charge in [0.25, 0.3) is 0 Å². The molecule has 5 unspecified atom stereocenters. The first-order valence-electron chi connectivity index (χ1n) is 6.28. The third kappa shape index (κ3) is 1.87. The Morgan fingerprint density at radius 3 is 2.63 bits per heavy atom. The Morgan fingerprint density at radius 2 is 2.00 bits per heavy atom. The van der Waals surface area contributed by atoms with Gasteiger partial charge in [-0.2, -0.15) is 0 Å². The zero-order valence-electron chi connectivity index (χ0n) is 10.4. The molecule has 0 saturated carbocycles. The van der Waals surface area contributed by atoms with Gasteiger partial charge in [0, 0.05) is 5.92 Å². The standard InChI is InChI=1S/C13H14O6/c1-5-2-6(7-4-9(14)18-11(7)15)3-8-10(5)13(17)19-12(8)16/h2,6-8,10,12,16H,3-4H2,1H3. The van der Waals surface area contributed by atoms with E-state index in [1.54, 1.807) is 6.92 Å². The van der Waals surface area contributed by atoms with E-state index >= 15 is 0 Å². The van der Waals surface area contributed by atoms with E-state index in [9.17, 15) is 19.5 Å². The molecule has 6 nitrogen and oxygen atoms in total. The summed E-state index contributed by atoms with van der Waals surface area (Å²) in [5, 5.41) is 9.74. The molecule has 0 radical (unpaired) electrons. The average molecular weight is 266 g/mol. The minimum absolute atomic E-state index is 0.0650. The molecule has 19 heavy (non-hydrogen) atoms. The summed E-state index contributed by atoms with van der Waals surface area (Å²) in [6, 6.07) is 0. The lowest BCUT2D eigenvalue weighted by Gasteiger charge is -2.30. The van der Waals surface area contributed by atoms with Crippen LogP contribution < -0.4 is 0 Å². The van der Waals surface area contributed by atoms with E-state index in [0.717, 1.165) is 5.57 Å². The van der Waals surface area contributed by atoms with Crippen molar-refractivity contribution < 1.29 is 29.0 Å². The third-order valence-corrected chi connectivity index (χ3v) is 4.22. The van der Waals surface area contributed by atoms with Gasteiger partial charge in [-0.25, -0.2) is 0 Å². The number of fused-ring (bicyclic) bond motifs is 1. The van der Waals surface area contributed by atoms with Crippen molar-refractivity contribution in [1.82, 2.24) is 0 Å². The number of cyclic esters (lactones) is 3. The number of carbonyl (C=O) groups excluding carboxylic acids is 3. The topological polar surface area (TPSA) is 89.9 Å². The van der Waals surface area contributed by atoms with Crippen LogP contribution in [0.1, 0.15) is 19.8 Å². The number of esters is 3. The third-order valence-electron chi connectivity index (χ3n) is 4.22. The van der Waals surface area contributed by atoms with Crippen LogP contribution in [0.15, 0.2) is 11.6 Å². The number of rotatable bonds is 1. The zero-order valence-corrected chi connectivity index (χ0v) is 10.4. The quantitative estimate of drug-likeness (QED) is 0.413. The van der Waals surface area contributed by atoms with E-state index in [-0.39, 0.29) is 18.3 Å². The normalized spacial score (nSPS) is 41.7. The van der Waals surface area contributed by atoms with Gasteiger partial charge in [0.15, 0.2) is 0 Å². The van der Waals surface area contributed by atoms with Gasteiger partial charge in [0.2, 0.25) is 6.29 Å². The van der Waals surface area contributed by atoms with Gasteiger partial charge in [-0.15, -0.1) is 0 Å². The van der Waals surface area contributed by atoms with Crippen LogP contribution in [0.5, 0.6) is 0 Å². The molecule has 2 saturated heterocycles. The number of aliphatic hydroxyl groups is 1. The van der Waals surface area contributed by atoms with Crippen molar-refractivity contribution in [2.24, 2.45) is 23.7 Å². The average Bonchev–Trinajstić information content (AvgIpc) is 2.80. The van der Waals surface area contributed by atoms with Crippen LogP contribution >= 0.6 is 0 Å². The van der Waals surface area contributed by atoms with Crippen LogP contribution in [0, 0.1) is 23.7 Å². The van der Waals surface area contributed by atoms with Gasteiger partial charge in [-0.3, -0.25) is 14.4 Å². The molecule has 2 fully saturated rings. The fourth-order valence-electron chi connectivity index (χ4n) is 3.32. The van der Waals surface area contributed by atoms with Crippen molar-refractivity contribution in [3.63, 3.8) is 0 Å². The summed E-state index contributed by atoms with van der Waals surface area (Å²) in [4.78, 5) is 34.3. The van der Waals surface area contributed by atoms with E-state index in [1.165, 1.54) is 0 Å². The van der Waals surface area contributed by atoms with Crippen LogP contribution in [0.3, 0.4) is 0 Å². The number of hydrogen-bond acceptors (Lipinski definition) is 6. The lowest BCUT2D eigenvalue weighted by molar-refractivity contribution is -0.158. The van der Waals surface area contributed by atoms with Crippen LogP contribution in [-0.2, 0) is 23.9 Å². The number of aliphatic hydroxyl groups excluding tert-OH is 1. The lowest BCUT2D eigenvalue weighted by atomic mass is 9.71. The Bertz CT molecular complexity index is 493. The molecule has 0 amide bonds. The molecule has 1 N–H and O–H groups in total. The molecule has 3 aliphatic rings. The van der Waals surface area contributed by atoms with Crippen LogP contribution in [0.25, 0.3) is 0 Å². The highest BCUT2D eigenvalue weighted by molar-refractivity contribution is 5.95. The predicted octanol–water partition coefficient (Wildman–Crippen LogP) is 0.150. The maximum atomic E-state index is 11.6. The zero-order chi connectivity index (χ0) is 13.7. The van der Waals surface area contributed by atoms with Gasteiger partial charge < -0.3 is 14.6 Å². The van der Waals surface area contributed by atoms with E-state index < -0.39 is 36.0 Å². The maximum Gasteiger partial charge on any atom is 0.317 e. The second kappa shape index (κ2) is 4.16. The van der Waals surface area contributed by atoms with Crippen molar-refractivity contribution in [1.29, 1.82) is 0 Å². The summed E-state index contributed by atoms with van der Waals surface area (Å²) >= 11 is 0. The molecule has 0 aromatic rings. The molecular formula is C13H14O6. The second-order valence-electron chi connectivity index (χ2n) is 5.38. The Kier molecular flexibility index (Phi) is 2.70. The molecule has 2 aliphatic heterocycles. The van der Waals surface area contributed by atoms with Gasteiger partial charge >= 0.3 is 17.9 Å². The highest BCUT2D eigenvalue weighted by atomic mass is 16.6. The molecule has 6 heteroatoms. The Morgan fingerprint density at radius 1 is 1.26 bits per heavy atom. The first-order valence-corrected chi connectivity index (χ1v) is 6.28. The Labute approximate surface area is 109 Å². The van der Waals surface area contributed by atoms with Gasteiger partial charge in [0.1, 0.15) is 0 Å². The van der Waals surface area contributed by atoms with Crippen molar-refractivity contribution in [2.45, 2.75) is 26.1 Å². The number of allylic oxidation sites excluding steroid dienone is 1. The SMILES string of the molecule is CC1=CC(C2CC(=O)OC2=O)CC2C(O)OC(=O)C12. The molecular weight excluding hydrogens is 252 g/mol. The minimum Gasteiger partial charge on any atom is -0.435 e. The van der Waals surface area contributed by atoms with Crippen molar-refractivity contribution >= 4 is 17.9 Å². The van der Waals surface area contributed by atoms with Gasteiger partial charge in [-0.1, -0.05) is 11.6 Å². The smallest absolute Gasteiger partial charge is 0.317 e. The fraction of sp³-hybridized carbons (Fsp3) is 0.615. The summed E-state index contributed by atoms with van der Waals surface area (Å²) in [5.74, 6) is -2.92. The fourth-order valence-corrected chi connectivity index (χ4v) is 3.32. The molecule has 2 heterocycles. The van der Waals surface area contributed by atoms with Gasteiger partial charge in [0.05, 0.1) is 18.3 Å². The highest BCUT2D eigenvalue weighted by Crippen LogP contribution is 2.44. The summed E-state index contributed by atoms with van der Waals surface area (Å²) in [6.45, 7) is 1.78. The van der Waals surface area contributed by atoms with E-state index in [0.29, 0.717) is 6.42 Å². The minimum atomic E-state index is -1.13. The number of hydrogen-bond donors (Lipinski definition) is 1. The number of ether oxygens (including phenoxy) is 2. The van der Waals surface area contributed by atoms with E-state index in [4.69, 9.17) is 4.74 Å². The van der Waals surface area contributed by atoms with Crippen molar-refractivity contribution in [3.8, 4) is 0 Å². The van der Waals surface area contributed by atoms with Gasteiger partial charge in [-0.05, 0) is 19.3 Å². The maximum absolute atomic E-state index is 11.6. The molecule has 0 bridgehead atoms. The van der Waals surface area contributed by atoms with E-state index in [1.807, 2.05) is 6.08 Å². The predicted molar refractivity (Wildman–Crippen MR) is 60.1 cm³/mol. The molecule has 0 aromatic heterocycles. The lowest BCUT2D eigenvalue weighted by Crippen LogP contribution is -2.32. The van der Waals surface area contributed by atoms with Crippen LogP contribution in [0.2, 0.25) is 0 Å². The monoisotopic (exact) mass is 266 g/mol. The van der Waals surface area contributed by atoms with Crippen LogP contribution in [0.4, 0.5) is 0 Å². The number of carbonyl (C=O) groups is 3. The van der Waals surface area contributed by atoms with E-state index in [2.05, 4.69) is 4.74 Å². The summed E-state index contributed by atoms with van der Waals surface area (Å²) < 4.78 is 9.38. The summed E-state index contributed by atoms with van der Waals surface area (Å²) in [5.41, 5.74) is 0.787. The second-order valence-corrected chi connectivity index (χ2v) is 5.38. The van der Waals surface area contributed by atoms with Crippen molar-refractivity contribution in [3.05, 3.63) is 11.6 Å². The molecule has 0 spiro atoms. The Balaban J connectivity index is 1.87. The first-order chi connectivity index (χ1) is 8.97. The molecule has 5 atom stereocenters. The molecule has 0 aromatic carbocycles. The summed E-state index contributed by atoms with van der Waals surface area (Å²) in [7, 11) is 0. The highest BCUT2D eigenvalue weighted by Gasteiger charge is 2.50. The van der Waals surface area contributed by atoms with Crippen molar-refractivity contribution in [2.75, 3.05) is 0 Å². The largest absolute Gasteiger partial charge is 0.435 e.